The Morgan fingerprint density at radius 3 is 1.98 bits per heavy atom. The molecule has 0 spiro atoms. The van der Waals surface area contributed by atoms with Gasteiger partial charge in [0.2, 0.25) is 0 Å². The zero-order valence-electron chi connectivity index (χ0n) is 29.5. The first-order chi connectivity index (χ1) is 22.6. The number of para-hydroxylation sites is 2. The summed E-state index contributed by atoms with van der Waals surface area (Å²) in [5, 5.41) is 12.1. The van der Waals surface area contributed by atoms with Crippen molar-refractivity contribution >= 4 is 16.7 Å². The van der Waals surface area contributed by atoms with Crippen molar-refractivity contribution in [1.29, 1.82) is 0 Å². The van der Waals surface area contributed by atoms with Crippen molar-refractivity contribution < 1.29 is 5.11 Å². The van der Waals surface area contributed by atoms with Crippen molar-refractivity contribution in [2.75, 3.05) is 0 Å². The average molecular weight is 633 g/mol. The summed E-state index contributed by atoms with van der Waals surface area (Å²) in [7, 11) is 0. The number of hydrogen-bond donors (Lipinski definition) is 1. The van der Waals surface area contributed by atoms with E-state index in [9.17, 15) is 5.11 Å². The standard InChI is InChI=1S/C43H44N4O/c1-41(2,3)29-24-27(23-28(25-29)34-20-14-15-22-45-34)31-19-16-21-35-37(31)46-40(47(35)30-17-12-11-13-18-30)32-26-33(42(4,5)6)38(44-10)36(39(32)48)43(7,8)9/h11-26,48H,1-9H3. The SMILES string of the molecule is [C-]#[N+]c1c(C(C)(C)C)cc(-c2nc3c(-c4cc(-c5ccccn5)cc(C(C)(C)C)c4)cccc3n2-c2ccccc2)c(O)c1C(C)(C)C. The third-order valence-corrected chi connectivity index (χ3v) is 8.95. The number of phenolic OH excluding ortho intramolecular Hbond substituents is 1. The second-order valence-electron chi connectivity index (χ2n) is 15.7. The van der Waals surface area contributed by atoms with Crippen molar-refractivity contribution in [2.24, 2.45) is 0 Å². The molecule has 0 fully saturated rings. The number of pyridine rings is 1. The largest absolute Gasteiger partial charge is 0.508 e. The summed E-state index contributed by atoms with van der Waals surface area (Å²) in [6, 6.07) is 31.2. The van der Waals surface area contributed by atoms with E-state index < -0.39 is 5.41 Å². The van der Waals surface area contributed by atoms with Gasteiger partial charge in [0, 0.05) is 28.6 Å². The number of aromatic nitrogens is 3. The van der Waals surface area contributed by atoms with Crippen molar-refractivity contribution in [2.45, 2.75) is 78.6 Å². The van der Waals surface area contributed by atoms with Gasteiger partial charge in [-0.2, -0.15) is 0 Å². The van der Waals surface area contributed by atoms with E-state index in [1.54, 1.807) is 0 Å². The van der Waals surface area contributed by atoms with Crippen LogP contribution < -0.4 is 0 Å². The number of benzene rings is 4. The molecule has 5 heteroatoms. The van der Waals surface area contributed by atoms with Gasteiger partial charge in [0.1, 0.15) is 11.6 Å². The second-order valence-corrected chi connectivity index (χ2v) is 15.7. The van der Waals surface area contributed by atoms with E-state index in [2.05, 4.69) is 104 Å². The van der Waals surface area contributed by atoms with E-state index in [0.29, 0.717) is 22.6 Å². The molecule has 5 nitrogen and oxygen atoms in total. The summed E-state index contributed by atoms with van der Waals surface area (Å²) >= 11 is 0. The predicted octanol–water partition coefficient (Wildman–Crippen LogP) is 11.6. The third kappa shape index (κ3) is 5.88. The Kier molecular flexibility index (Phi) is 8.04. The fourth-order valence-electron chi connectivity index (χ4n) is 6.48. The van der Waals surface area contributed by atoms with Crippen molar-refractivity contribution in [1.82, 2.24) is 14.5 Å². The molecule has 6 aromatic rings. The third-order valence-electron chi connectivity index (χ3n) is 8.95. The van der Waals surface area contributed by atoms with Crippen molar-refractivity contribution in [3.63, 3.8) is 0 Å². The van der Waals surface area contributed by atoms with Gasteiger partial charge in [-0.25, -0.2) is 9.83 Å². The fourth-order valence-corrected chi connectivity index (χ4v) is 6.48. The van der Waals surface area contributed by atoms with E-state index >= 15 is 0 Å². The van der Waals surface area contributed by atoms with Crippen LogP contribution >= 0.6 is 0 Å². The number of phenols is 1. The van der Waals surface area contributed by atoms with E-state index in [1.807, 2.05) is 69.4 Å². The highest BCUT2D eigenvalue weighted by atomic mass is 16.3. The zero-order chi connectivity index (χ0) is 34.6. The van der Waals surface area contributed by atoms with Crippen LogP contribution in [0.25, 0.3) is 55.3 Å². The highest BCUT2D eigenvalue weighted by Gasteiger charge is 2.33. The molecule has 0 aliphatic rings. The molecular weight excluding hydrogens is 589 g/mol. The van der Waals surface area contributed by atoms with Crippen molar-refractivity contribution in [3.05, 3.63) is 125 Å². The van der Waals surface area contributed by atoms with Gasteiger partial charge in [-0.3, -0.25) is 9.55 Å². The minimum Gasteiger partial charge on any atom is -0.508 e. The lowest BCUT2D eigenvalue weighted by Crippen LogP contribution is -2.18. The normalized spacial score (nSPS) is 12.3. The van der Waals surface area contributed by atoms with Crippen molar-refractivity contribution in [3.8, 4) is 45.2 Å². The van der Waals surface area contributed by atoms with E-state index in [1.165, 1.54) is 5.56 Å². The van der Waals surface area contributed by atoms with Crippen LogP contribution in [0.5, 0.6) is 5.75 Å². The lowest BCUT2D eigenvalue weighted by molar-refractivity contribution is 0.448. The maximum absolute atomic E-state index is 12.1. The van der Waals surface area contributed by atoms with Gasteiger partial charge < -0.3 is 5.11 Å². The van der Waals surface area contributed by atoms with Crippen LogP contribution in [0.4, 0.5) is 5.69 Å². The van der Waals surface area contributed by atoms with Gasteiger partial charge in [-0.15, -0.1) is 0 Å². The molecule has 0 radical (unpaired) electrons. The van der Waals surface area contributed by atoms with Crippen LogP contribution in [0.15, 0.2) is 97.2 Å². The molecule has 0 saturated carbocycles. The molecule has 0 aliphatic carbocycles. The molecule has 1 N–H and O–H groups in total. The van der Waals surface area contributed by atoms with Crippen LogP contribution in [0.3, 0.4) is 0 Å². The predicted molar refractivity (Wildman–Crippen MR) is 199 cm³/mol. The summed E-state index contributed by atoms with van der Waals surface area (Å²) in [5.74, 6) is 0.730. The molecule has 2 heterocycles. The van der Waals surface area contributed by atoms with Crippen LogP contribution in [-0.4, -0.2) is 19.6 Å². The van der Waals surface area contributed by atoms with Gasteiger partial charge in [0.05, 0.1) is 28.9 Å². The first-order valence-electron chi connectivity index (χ1n) is 16.5. The number of rotatable bonds is 4. The minimum absolute atomic E-state index is 0.0921. The average Bonchev–Trinajstić information content (AvgIpc) is 3.43. The summed E-state index contributed by atoms with van der Waals surface area (Å²) in [4.78, 5) is 14.1. The van der Waals surface area contributed by atoms with Gasteiger partial charge in [-0.1, -0.05) is 111 Å². The van der Waals surface area contributed by atoms with Gasteiger partial charge in [-0.05, 0) is 75.4 Å². The Bertz CT molecular complexity index is 2180. The first-order valence-corrected chi connectivity index (χ1v) is 16.5. The van der Waals surface area contributed by atoms with Gasteiger partial charge >= 0.3 is 0 Å². The molecule has 0 amide bonds. The summed E-state index contributed by atoms with van der Waals surface area (Å²) in [5.41, 5.74) is 9.66. The molecule has 0 saturated heterocycles. The van der Waals surface area contributed by atoms with Crippen LogP contribution in [0, 0.1) is 6.57 Å². The molecule has 2 aromatic heterocycles. The lowest BCUT2D eigenvalue weighted by Gasteiger charge is -2.29. The molecular formula is C43H44N4O. The Morgan fingerprint density at radius 2 is 1.38 bits per heavy atom. The molecule has 0 bridgehead atoms. The van der Waals surface area contributed by atoms with Crippen LogP contribution in [0.2, 0.25) is 0 Å². The molecule has 0 atom stereocenters. The quantitative estimate of drug-likeness (QED) is 0.197. The molecule has 48 heavy (non-hydrogen) atoms. The highest BCUT2D eigenvalue weighted by Crippen LogP contribution is 2.50. The minimum atomic E-state index is -0.482. The molecule has 0 aliphatic heterocycles. The lowest BCUT2D eigenvalue weighted by atomic mass is 9.77. The maximum atomic E-state index is 12.1. The zero-order valence-corrected chi connectivity index (χ0v) is 29.5. The molecule has 6 rings (SSSR count). The Morgan fingerprint density at radius 1 is 0.688 bits per heavy atom. The van der Waals surface area contributed by atoms with Gasteiger partial charge in [0.15, 0.2) is 5.69 Å². The number of imidazole rings is 1. The smallest absolute Gasteiger partial charge is 0.198 e. The topological polar surface area (TPSA) is 55.3 Å². The Hall–Kier alpha value is -5.21. The highest BCUT2D eigenvalue weighted by molar-refractivity contribution is 5.97. The molecule has 4 aromatic carbocycles. The number of aromatic hydroxyl groups is 1. The monoisotopic (exact) mass is 632 g/mol. The number of hydrogen-bond acceptors (Lipinski definition) is 3. The Labute approximate surface area is 284 Å². The van der Waals surface area contributed by atoms with E-state index in [0.717, 1.165) is 44.7 Å². The first kappa shape index (κ1) is 32.7. The summed E-state index contributed by atoms with van der Waals surface area (Å²) in [6.07, 6.45) is 1.83. The van der Waals surface area contributed by atoms with Crippen LogP contribution in [-0.2, 0) is 16.2 Å². The number of nitrogens with zero attached hydrogens (tertiary/aromatic N) is 4. The maximum Gasteiger partial charge on any atom is 0.198 e. The van der Waals surface area contributed by atoms with Crippen LogP contribution in [0.1, 0.15) is 79.0 Å². The number of fused-ring (bicyclic) bond motifs is 1. The summed E-state index contributed by atoms with van der Waals surface area (Å²) in [6.45, 7) is 27.3. The molecule has 242 valence electrons. The second kappa shape index (κ2) is 11.8. The van der Waals surface area contributed by atoms with E-state index in [-0.39, 0.29) is 16.6 Å². The Balaban J connectivity index is 1.73. The fraction of sp³-hybridized carbons (Fsp3) is 0.279. The van der Waals surface area contributed by atoms with Gasteiger partial charge in [0.25, 0.3) is 0 Å². The summed E-state index contributed by atoms with van der Waals surface area (Å²) < 4.78 is 2.14. The van der Waals surface area contributed by atoms with E-state index in [4.69, 9.17) is 11.6 Å². The molecule has 0 unspecified atom stereocenters.